The molecule has 0 saturated heterocycles. The first-order valence-electron chi connectivity index (χ1n) is 6.78. The van der Waals surface area contributed by atoms with Crippen LogP contribution in [0.15, 0.2) is 54.6 Å². The highest BCUT2D eigenvalue weighted by Crippen LogP contribution is 2.26. The van der Waals surface area contributed by atoms with E-state index >= 15 is 0 Å². The molecule has 0 spiro atoms. The van der Waals surface area contributed by atoms with Crippen molar-refractivity contribution in [3.63, 3.8) is 0 Å². The van der Waals surface area contributed by atoms with E-state index < -0.39 is 0 Å². The van der Waals surface area contributed by atoms with Gasteiger partial charge in [0, 0.05) is 11.1 Å². The van der Waals surface area contributed by atoms with Crippen LogP contribution in [0.3, 0.4) is 0 Å². The van der Waals surface area contributed by atoms with E-state index in [9.17, 15) is 4.39 Å². The highest BCUT2D eigenvalue weighted by atomic mass is 19.1. The van der Waals surface area contributed by atoms with Gasteiger partial charge in [-0.3, -0.25) is 0 Å². The molecule has 0 saturated carbocycles. The maximum atomic E-state index is 13.0. The summed E-state index contributed by atoms with van der Waals surface area (Å²) in [4.78, 5) is 0. The summed E-state index contributed by atoms with van der Waals surface area (Å²) in [6.45, 7) is 2.55. The van der Waals surface area contributed by atoms with Gasteiger partial charge in [0.15, 0.2) is 0 Å². The second kappa shape index (κ2) is 5.40. The minimum Gasteiger partial charge on any atom is -0.384 e. The van der Waals surface area contributed by atoms with E-state index in [1.807, 2.05) is 37.3 Å². The molecule has 0 aliphatic carbocycles. The van der Waals surface area contributed by atoms with E-state index in [2.05, 4.69) is 5.10 Å². The minimum absolute atomic E-state index is 0.256. The molecule has 0 aliphatic heterocycles. The molecule has 3 nitrogen and oxygen atoms in total. The van der Waals surface area contributed by atoms with Crippen molar-refractivity contribution in [2.45, 2.75) is 13.5 Å². The average Bonchev–Trinajstić information content (AvgIpc) is 2.78. The van der Waals surface area contributed by atoms with Gasteiger partial charge in [-0.1, -0.05) is 30.3 Å². The second-order valence-corrected chi connectivity index (χ2v) is 5.01. The molecule has 1 aromatic heterocycles. The number of hydrogen-bond acceptors (Lipinski definition) is 2. The van der Waals surface area contributed by atoms with Gasteiger partial charge in [-0.25, -0.2) is 9.07 Å². The smallest absolute Gasteiger partial charge is 0.125 e. The summed E-state index contributed by atoms with van der Waals surface area (Å²) in [5, 5.41) is 4.57. The van der Waals surface area contributed by atoms with Crippen LogP contribution in [0.1, 0.15) is 11.1 Å². The Bertz CT molecular complexity index is 746. The minimum atomic E-state index is -0.256. The molecule has 2 aromatic carbocycles. The molecule has 2 N–H and O–H groups in total. The predicted molar refractivity (Wildman–Crippen MR) is 82.3 cm³/mol. The molecule has 0 atom stereocenters. The highest BCUT2D eigenvalue weighted by Gasteiger charge is 2.13. The predicted octanol–water partition coefficient (Wildman–Crippen LogP) is 3.63. The topological polar surface area (TPSA) is 43.8 Å². The van der Waals surface area contributed by atoms with Gasteiger partial charge in [0.1, 0.15) is 11.6 Å². The van der Waals surface area contributed by atoms with E-state index in [0.29, 0.717) is 12.4 Å². The first-order valence-corrected chi connectivity index (χ1v) is 6.78. The third-order valence-corrected chi connectivity index (χ3v) is 3.53. The van der Waals surface area contributed by atoms with Crippen molar-refractivity contribution in [1.29, 1.82) is 0 Å². The molecule has 106 valence electrons. The van der Waals surface area contributed by atoms with E-state index in [-0.39, 0.29) is 5.82 Å². The summed E-state index contributed by atoms with van der Waals surface area (Å²) >= 11 is 0. The number of halogens is 1. The van der Waals surface area contributed by atoms with Crippen molar-refractivity contribution in [3.05, 3.63) is 71.5 Å². The van der Waals surface area contributed by atoms with Crippen molar-refractivity contribution < 1.29 is 4.39 Å². The van der Waals surface area contributed by atoms with Crippen LogP contribution in [0.4, 0.5) is 10.2 Å². The van der Waals surface area contributed by atoms with E-state index in [1.165, 1.54) is 12.1 Å². The van der Waals surface area contributed by atoms with E-state index in [4.69, 9.17) is 5.73 Å². The van der Waals surface area contributed by atoms with Gasteiger partial charge in [0.05, 0.1) is 12.2 Å². The van der Waals surface area contributed by atoms with Gasteiger partial charge in [0.2, 0.25) is 0 Å². The lowest BCUT2D eigenvalue weighted by Crippen LogP contribution is -2.06. The molecule has 0 aliphatic rings. The first-order chi connectivity index (χ1) is 10.1. The summed E-state index contributed by atoms with van der Waals surface area (Å²) in [5.74, 6) is 0.381. The fourth-order valence-electron chi connectivity index (χ4n) is 2.32. The Kier molecular flexibility index (Phi) is 3.44. The molecular weight excluding hydrogens is 265 g/mol. The van der Waals surface area contributed by atoms with Crippen LogP contribution >= 0.6 is 0 Å². The Hall–Kier alpha value is -2.62. The summed E-state index contributed by atoms with van der Waals surface area (Å²) in [7, 11) is 0. The van der Waals surface area contributed by atoms with Gasteiger partial charge in [-0.2, -0.15) is 5.10 Å². The molecule has 0 bridgehead atoms. The maximum absolute atomic E-state index is 13.0. The second-order valence-electron chi connectivity index (χ2n) is 5.01. The van der Waals surface area contributed by atoms with Gasteiger partial charge < -0.3 is 5.73 Å². The van der Waals surface area contributed by atoms with Crippen molar-refractivity contribution in [2.75, 3.05) is 5.73 Å². The van der Waals surface area contributed by atoms with Crippen molar-refractivity contribution >= 4 is 5.82 Å². The monoisotopic (exact) mass is 281 g/mol. The third kappa shape index (κ3) is 2.65. The Labute approximate surface area is 122 Å². The first kappa shape index (κ1) is 13.4. The molecule has 0 amide bonds. The zero-order valence-electron chi connectivity index (χ0n) is 11.8. The number of rotatable bonds is 3. The van der Waals surface area contributed by atoms with Gasteiger partial charge in [0.25, 0.3) is 0 Å². The molecule has 3 aromatic rings. The number of nitrogens with two attached hydrogens (primary N) is 1. The summed E-state index contributed by atoms with van der Waals surface area (Å²) in [6, 6.07) is 16.3. The Morgan fingerprint density at radius 1 is 1.05 bits per heavy atom. The van der Waals surface area contributed by atoms with E-state index in [0.717, 1.165) is 22.4 Å². The van der Waals surface area contributed by atoms with Gasteiger partial charge in [-0.15, -0.1) is 0 Å². The number of nitrogen functional groups attached to an aromatic ring is 1. The highest BCUT2D eigenvalue weighted by molar-refractivity contribution is 5.67. The molecule has 3 rings (SSSR count). The van der Waals surface area contributed by atoms with Gasteiger partial charge in [-0.05, 0) is 36.8 Å². The van der Waals surface area contributed by atoms with Crippen LogP contribution in [0.5, 0.6) is 0 Å². The summed E-state index contributed by atoms with van der Waals surface area (Å²) in [6.07, 6.45) is 0. The average molecular weight is 281 g/mol. The molecule has 21 heavy (non-hydrogen) atoms. The number of benzene rings is 2. The largest absolute Gasteiger partial charge is 0.384 e. The molecule has 0 unspecified atom stereocenters. The molecule has 0 radical (unpaired) electrons. The Balaban J connectivity index is 1.97. The quantitative estimate of drug-likeness (QED) is 0.796. The normalized spacial score (nSPS) is 10.8. The van der Waals surface area contributed by atoms with E-state index in [1.54, 1.807) is 16.8 Å². The zero-order chi connectivity index (χ0) is 14.8. The third-order valence-electron chi connectivity index (χ3n) is 3.53. The lowest BCUT2D eigenvalue weighted by molar-refractivity contribution is 0.628. The maximum Gasteiger partial charge on any atom is 0.125 e. The fourth-order valence-corrected chi connectivity index (χ4v) is 2.32. The summed E-state index contributed by atoms with van der Waals surface area (Å²) < 4.78 is 14.8. The number of aromatic nitrogens is 2. The molecular formula is C17H16FN3. The lowest BCUT2D eigenvalue weighted by Gasteiger charge is -2.04. The summed E-state index contributed by atoms with van der Waals surface area (Å²) in [5.41, 5.74) is 9.86. The Morgan fingerprint density at radius 3 is 2.38 bits per heavy atom. The SMILES string of the molecule is Cc1c(-c2ccc(F)cc2)nn(Cc2ccccc2)c1N. The zero-order valence-corrected chi connectivity index (χ0v) is 11.8. The number of anilines is 1. The number of nitrogens with zero attached hydrogens (tertiary/aromatic N) is 2. The lowest BCUT2D eigenvalue weighted by atomic mass is 10.1. The van der Waals surface area contributed by atoms with Crippen LogP contribution < -0.4 is 5.73 Å². The Morgan fingerprint density at radius 2 is 1.71 bits per heavy atom. The molecule has 1 heterocycles. The molecule has 4 heteroatoms. The van der Waals surface area contributed by atoms with Crippen LogP contribution in [-0.4, -0.2) is 9.78 Å². The van der Waals surface area contributed by atoms with Crippen LogP contribution in [0.2, 0.25) is 0 Å². The standard InChI is InChI=1S/C17H16FN3/c1-12-16(14-7-9-15(18)10-8-14)20-21(17(12)19)11-13-5-3-2-4-6-13/h2-10H,11,19H2,1H3. The molecule has 0 fully saturated rings. The van der Waals surface area contributed by atoms with Crippen LogP contribution in [-0.2, 0) is 6.54 Å². The fraction of sp³-hybridized carbons (Fsp3) is 0.118. The van der Waals surface area contributed by atoms with Crippen molar-refractivity contribution in [3.8, 4) is 11.3 Å². The van der Waals surface area contributed by atoms with Crippen molar-refractivity contribution in [2.24, 2.45) is 0 Å². The number of hydrogen-bond donors (Lipinski definition) is 1. The van der Waals surface area contributed by atoms with Gasteiger partial charge >= 0.3 is 0 Å². The van der Waals surface area contributed by atoms with Crippen molar-refractivity contribution in [1.82, 2.24) is 9.78 Å². The van der Waals surface area contributed by atoms with Crippen LogP contribution in [0.25, 0.3) is 11.3 Å². The van der Waals surface area contributed by atoms with Crippen LogP contribution in [0, 0.1) is 12.7 Å².